The van der Waals surface area contributed by atoms with Gasteiger partial charge < -0.3 is 20.1 Å². The first-order valence-electron chi connectivity index (χ1n) is 22.4. The van der Waals surface area contributed by atoms with Gasteiger partial charge in [-0.2, -0.15) is 0 Å². The van der Waals surface area contributed by atoms with Crippen molar-refractivity contribution in [1.82, 2.24) is 0 Å². The Morgan fingerprint density at radius 1 is 0.508 bits per heavy atom. The number of rotatable bonds is 40. The van der Waals surface area contributed by atoms with Gasteiger partial charge in [0, 0.05) is 19.4 Å². The lowest BCUT2D eigenvalue weighted by molar-refractivity contribution is -0.161. The second-order valence-electron chi connectivity index (χ2n) is 14.1. The molecule has 0 aliphatic heterocycles. The molecule has 0 rings (SSSR count). The normalized spacial score (nSPS) is 14.3. The lowest BCUT2D eigenvalue weighted by Crippen LogP contribution is -2.29. The van der Waals surface area contributed by atoms with E-state index in [2.05, 4.69) is 123 Å². The van der Waals surface area contributed by atoms with Crippen LogP contribution in [-0.4, -0.2) is 49.3 Å². The average Bonchev–Trinajstić information content (AvgIpc) is 3.22. The van der Waals surface area contributed by atoms with Gasteiger partial charge in [0.05, 0.1) is 13.2 Å². The quantitative estimate of drug-likeness (QED) is 0.0267. The first kappa shape index (κ1) is 55.7. The van der Waals surface area contributed by atoms with Crippen molar-refractivity contribution in [2.45, 2.75) is 161 Å². The molecule has 3 N–H and O–H groups in total. The SMILES string of the molecule is CC/C=C\C/C=C\C/C=C\C/C=C\C/C=C\C/C=C\CCCCCCCCC(=O)OC(COC(=O)CCCCC/C=C\C/C=C\C/C=C\CC)COP(=O)(O)OCCN. The second-order valence-corrected chi connectivity index (χ2v) is 15.6. The van der Waals surface area contributed by atoms with Crippen LogP contribution < -0.4 is 5.73 Å². The minimum atomic E-state index is -4.40. The molecule has 9 nitrogen and oxygen atoms in total. The third kappa shape index (κ3) is 44.1. The summed E-state index contributed by atoms with van der Waals surface area (Å²) in [6.07, 6.45) is 58.4. The number of phosphoric acid groups is 1. The zero-order valence-electron chi connectivity index (χ0n) is 36.7. The highest BCUT2D eigenvalue weighted by Gasteiger charge is 2.26. The van der Waals surface area contributed by atoms with Gasteiger partial charge in [0.2, 0.25) is 0 Å². The number of unbranched alkanes of at least 4 members (excludes halogenated alkanes) is 9. The molecule has 0 heterocycles. The van der Waals surface area contributed by atoms with Crippen molar-refractivity contribution in [3.8, 4) is 0 Å². The minimum Gasteiger partial charge on any atom is -0.462 e. The Morgan fingerprint density at radius 2 is 0.881 bits per heavy atom. The summed E-state index contributed by atoms with van der Waals surface area (Å²) in [7, 11) is -4.40. The highest BCUT2D eigenvalue weighted by atomic mass is 31.2. The number of phosphoric ester groups is 1. The molecule has 10 heteroatoms. The van der Waals surface area contributed by atoms with E-state index in [0.29, 0.717) is 12.8 Å². The maximum Gasteiger partial charge on any atom is 0.472 e. The van der Waals surface area contributed by atoms with Gasteiger partial charge in [0.1, 0.15) is 6.61 Å². The molecule has 0 aromatic rings. The highest BCUT2D eigenvalue weighted by Crippen LogP contribution is 2.43. The van der Waals surface area contributed by atoms with Gasteiger partial charge in [0.25, 0.3) is 0 Å². The molecule has 0 saturated carbocycles. The molecule has 0 aromatic carbocycles. The topological polar surface area (TPSA) is 134 Å². The fourth-order valence-corrected chi connectivity index (χ4v) is 6.18. The summed E-state index contributed by atoms with van der Waals surface area (Å²) in [6.45, 7) is 3.42. The Bertz CT molecular complexity index is 1330. The highest BCUT2D eigenvalue weighted by molar-refractivity contribution is 7.47. The summed E-state index contributed by atoms with van der Waals surface area (Å²) in [6, 6.07) is 0. The smallest absolute Gasteiger partial charge is 0.462 e. The van der Waals surface area contributed by atoms with Crippen LogP contribution in [0.1, 0.15) is 155 Å². The summed E-state index contributed by atoms with van der Waals surface area (Å²) in [5.74, 6) is -0.893. The summed E-state index contributed by atoms with van der Waals surface area (Å²) in [5.41, 5.74) is 5.34. The van der Waals surface area contributed by atoms with Crippen LogP contribution in [0.25, 0.3) is 0 Å². The molecule has 0 aromatic heterocycles. The molecule has 0 saturated heterocycles. The Kier molecular flexibility index (Phi) is 41.7. The van der Waals surface area contributed by atoms with Crippen molar-refractivity contribution >= 4 is 19.8 Å². The Morgan fingerprint density at radius 3 is 1.32 bits per heavy atom. The first-order valence-corrected chi connectivity index (χ1v) is 23.9. The van der Waals surface area contributed by atoms with Crippen LogP contribution in [0, 0.1) is 0 Å². The van der Waals surface area contributed by atoms with Crippen molar-refractivity contribution in [3.05, 3.63) is 109 Å². The van der Waals surface area contributed by atoms with E-state index < -0.39 is 32.5 Å². The van der Waals surface area contributed by atoms with Gasteiger partial charge in [-0.3, -0.25) is 18.6 Å². The van der Waals surface area contributed by atoms with E-state index in [1.54, 1.807) is 0 Å². The number of ether oxygens (including phenoxy) is 2. The molecule has 59 heavy (non-hydrogen) atoms. The van der Waals surface area contributed by atoms with Gasteiger partial charge >= 0.3 is 19.8 Å². The number of allylic oxidation sites excluding steroid dienone is 18. The van der Waals surface area contributed by atoms with Crippen molar-refractivity contribution < 1.29 is 37.6 Å². The monoisotopic (exact) mass is 842 g/mol. The molecule has 0 radical (unpaired) electrons. The van der Waals surface area contributed by atoms with Crippen LogP contribution in [0.5, 0.6) is 0 Å². The van der Waals surface area contributed by atoms with Crippen LogP contribution >= 0.6 is 7.82 Å². The summed E-state index contributed by atoms with van der Waals surface area (Å²) in [4.78, 5) is 34.9. The number of hydrogen-bond acceptors (Lipinski definition) is 8. The van der Waals surface area contributed by atoms with E-state index in [0.717, 1.165) is 116 Å². The standard InChI is InChI=1S/C49H80NO8P/c1-3-5-7-9-11-13-15-17-18-19-20-21-22-23-24-25-26-27-28-30-32-34-36-38-40-42-49(52)58-47(46-57-59(53,54)56-44-43-50)45-55-48(51)41-39-37-35-33-31-29-16-14-12-10-8-6-4-2/h5-8,11-14,17-18,20-21,23-24,26-27,29,31,47H,3-4,9-10,15-16,19,22,25,28,30,32-46,50H2,1-2H3,(H,53,54)/b7-5-,8-6-,13-11-,14-12-,18-17-,21-20-,24-23-,27-26-,31-29-. The molecule has 2 unspecified atom stereocenters. The number of hydrogen-bond donors (Lipinski definition) is 2. The summed E-state index contributed by atoms with van der Waals surface area (Å²) in [5, 5.41) is 0. The van der Waals surface area contributed by atoms with Crippen molar-refractivity contribution in [2.24, 2.45) is 5.73 Å². The lowest BCUT2D eigenvalue weighted by atomic mass is 10.1. The van der Waals surface area contributed by atoms with Crippen LogP contribution in [0.2, 0.25) is 0 Å². The van der Waals surface area contributed by atoms with Gasteiger partial charge in [-0.1, -0.05) is 155 Å². The molecule has 2 atom stereocenters. The van der Waals surface area contributed by atoms with E-state index in [4.69, 9.17) is 24.3 Å². The fraction of sp³-hybridized carbons (Fsp3) is 0.592. The Labute approximate surface area is 359 Å². The van der Waals surface area contributed by atoms with Gasteiger partial charge in [0.15, 0.2) is 6.10 Å². The number of carbonyl (C=O) groups is 2. The molecule has 334 valence electrons. The maximum absolute atomic E-state index is 12.6. The van der Waals surface area contributed by atoms with E-state index in [1.807, 2.05) is 0 Å². The number of nitrogens with two attached hydrogens (primary N) is 1. The lowest BCUT2D eigenvalue weighted by Gasteiger charge is -2.19. The molecule has 0 amide bonds. The number of carbonyl (C=O) groups excluding carboxylic acids is 2. The van der Waals surface area contributed by atoms with E-state index in [1.165, 1.54) is 0 Å². The average molecular weight is 842 g/mol. The van der Waals surface area contributed by atoms with E-state index >= 15 is 0 Å². The maximum atomic E-state index is 12.6. The van der Waals surface area contributed by atoms with Crippen molar-refractivity contribution in [2.75, 3.05) is 26.4 Å². The molecule has 0 aliphatic rings. The van der Waals surface area contributed by atoms with Gasteiger partial charge in [-0.25, -0.2) is 4.57 Å². The van der Waals surface area contributed by atoms with E-state index in [9.17, 15) is 19.0 Å². The molecular formula is C49H80NO8P. The Hall–Kier alpha value is -3.33. The summed E-state index contributed by atoms with van der Waals surface area (Å²) < 4.78 is 32.7. The fourth-order valence-electron chi connectivity index (χ4n) is 5.41. The molecule has 0 fully saturated rings. The van der Waals surface area contributed by atoms with Crippen LogP contribution in [0.3, 0.4) is 0 Å². The van der Waals surface area contributed by atoms with Crippen LogP contribution in [-0.2, 0) is 32.7 Å². The molecule has 0 bridgehead atoms. The predicted molar refractivity (Wildman–Crippen MR) is 247 cm³/mol. The summed E-state index contributed by atoms with van der Waals surface area (Å²) >= 11 is 0. The van der Waals surface area contributed by atoms with Gasteiger partial charge in [-0.05, 0) is 96.3 Å². The van der Waals surface area contributed by atoms with Crippen molar-refractivity contribution in [3.63, 3.8) is 0 Å². The third-order valence-corrected chi connectivity index (χ3v) is 9.64. The first-order chi connectivity index (χ1) is 28.8. The van der Waals surface area contributed by atoms with Crippen molar-refractivity contribution in [1.29, 1.82) is 0 Å². The zero-order valence-corrected chi connectivity index (χ0v) is 37.6. The third-order valence-electron chi connectivity index (χ3n) is 8.65. The predicted octanol–water partition coefficient (Wildman–Crippen LogP) is 13.2. The largest absolute Gasteiger partial charge is 0.472 e. The van der Waals surface area contributed by atoms with Crippen LogP contribution in [0.4, 0.5) is 0 Å². The number of esters is 2. The zero-order chi connectivity index (χ0) is 43.2. The molecule has 0 spiro atoms. The molecule has 0 aliphatic carbocycles. The minimum absolute atomic E-state index is 0.0399. The van der Waals surface area contributed by atoms with E-state index in [-0.39, 0.29) is 32.6 Å². The Balaban J connectivity index is 4.20. The second kappa shape index (κ2) is 44.2. The van der Waals surface area contributed by atoms with Crippen LogP contribution in [0.15, 0.2) is 109 Å². The van der Waals surface area contributed by atoms with Gasteiger partial charge in [-0.15, -0.1) is 0 Å². The molecular weight excluding hydrogens is 762 g/mol.